The second-order valence-electron chi connectivity index (χ2n) is 8.07. The fraction of sp³-hybridized carbons (Fsp3) is 0.500. The molecule has 30 heavy (non-hydrogen) atoms. The van der Waals surface area contributed by atoms with Crippen molar-refractivity contribution in [3.63, 3.8) is 0 Å². The van der Waals surface area contributed by atoms with E-state index in [4.69, 9.17) is 14.2 Å². The summed E-state index contributed by atoms with van der Waals surface area (Å²) in [4.78, 5) is 30.1. The molecule has 3 heterocycles. The summed E-state index contributed by atoms with van der Waals surface area (Å²) < 4.78 is 16.8. The van der Waals surface area contributed by atoms with Gasteiger partial charge in [0.05, 0.1) is 12.3 Å². The van der Waals surface area contributed by atoms with E-state index in [0.717, 1.165) is 18.5 Å². The molecule has 1 spiro atoms. The molecule has 2 fully saturated rings. The number of para-hydroxylation sites is 1. The molecular formula is C22H26N2O5S. The van der Waals surface area contributed by atoms with Gasteiger partial charge in [-0.05, 0) is 25.5 Å². The summed E-state index contributed by atoms with van der Waals surface area (Å²) in [6.07, 6.45) is 2.07. The Balaban J connectivity index is 1.45. The van der Waals surface area contributed by atoms with Crippen molar-refractivity contribution in [1.29, 1.82) is 0 Å². The number of nitrogens with one attached hydrogen (secondary N) is 1. The van der Waals surface area contributed by atoms with E-state index in [1.54, 1.807) is 6.92 Å². The van der Waals surface area contributed by atoms with Crippen molar-refractivity contribution in [2.75, 3.05) is 18.5 Å². The summed E-state index contributed by atoms with van der Waals surface area (Å²) in [5.41, 5.74) is -0.689. The van der Waals surface area contributed by atoms with Crippen LogP contribution in [0, 0.1) is 5.41 Å². The van der Waals surface area contributed by atoms with Gasteiger partial charge in [0.1, 0.15) is 6.10 Å². The molecule has 0 amide bonds. The fourth-order valence-corrected chi connectivity index (χ4v) is 4.84. The lowest BCUT2D eigenvalue weighted by Crippen LogP contribution is -2.32. The van der Waals surface area contributed by atoms with Gasteiger partial charge in [-0.3, -0.25) is 9.59 Å². The van der Waals surface area contributed by atoms with Gasteiger partial charge in [-0.15, -0.1) is 11.3 Å². The molecule has 7 nitrogen and oxygen atoms in total. The largest absolute Gasteiger partial charge is 0.459 e. The molecule has 2 aliphatic rings. The van der Waals surface area contributed by atoms with Gasteiger partial charge in [-0.2, -0.15) is 0 Å². The Morgan fingerprint density at radius 3 is 2.83 bits per heavy atom. The summed E-state index contributed by atoms with van der Waals surface area (Å²) >= 11 is 1.43. The van der Waals surface area contributed by atoms with Gasteiger partial charge in [0.25, 0.3) is 0 Å². The smallest absolute Gasteiger partial charge is 0.324 e. The van der Waals surface area contributed by atoms with E-state index in [-0.39, 0.29) is 12.8 Å². The van der Waals surface area contributed by atoms with Crippen LogP contribution in [0.2, 0.25) is 0 Å². The second kappa shape index (κ2) is 8.35. The molecule has 1 N–H and O–H groups in total. The molecule has 0 bridgehead atoms. The molecular weight excluding hydrogens is 404 g/mol. The minimum Gasteiger partial charge on any atom is -0.459 e. The van der Waals surface area contributed by atoms with Crippen LogP contribution in [0.4, 0.5) is 10.8 Å². The van der Waals surface area contributed by atoms with Crippen molar-refractivity contribution >= 4 is 34.1 Å². The number of esters is 2. The molecule has 0 radical (unpaired) electrons. The zero-order valence-electron chi connectivity index (χ0n) is 17.2. The topological polar surface area (TPSA) is 86.8 Å². The number of rotatable bonds is 8. The van der Waals surface area contributed by atoms with Crippen LogP contribution in [0.25, 0.3) is 0 Å². The van der Waals surface area contributed by atoms with Crippen LogP contribution >= 0.6 is 11.3 Å². The normalized spacial score (nSPS) is 28.0. The molecule has 8 heteroatoms. The van der Waals surface area contributed by atoms with Crippen LogP contribution in [0.15, 0.2) is 35.7 Å². The number of cyclic esters (lactones) is 2. The molecule has 2 saturated heterocycles. The lowest BCUT2D eigenvalue weighted by Gasteiger charge is -2.20. The van der Waals surface area contributed by atoms with E-state index in [1.165, 1.54) is 11.3 Å². The van der Waals surface area contributed by atoms with Crippen LogP contribution in [-0.4, -0.2) is 36.2 Å². The zero-order chi connectivity index (χ0) is 21.2. The van der Waals surface area contributed by atoms with E-state index in [2.05, 4.69) is 17.2 Å². The van der Waals surface area contributed by atoms with Gasteiger partial charge < -0.3 is 19.5 Å². The fourth-order valence-electron chi connectivity index (χ4n) is 3.99. The van der Waals surface area contributed by atoms with Crippen molar-refractivity contribution in [3.8, 4) is 0 Å². The number of carbonyl (C=O) groups excluding carboxylic acids is 2. The zero-order valence-corrected chi connectivity index (χ0v) is 18.0. The third kappa shape index (κ3) is 3.94. The molecule has 1 aromatic carbocycles. The molecule has 4 rings (SSSR count). The quantitative estimate of drug-likeness (QED) is 0.382. The highest BCUT2D eigenvalue weighted by molar-refractivity contribution is 7.13. The molecule has 2 aromatic rings. The summed E-state index contributed by atoms with van der Waals surface area (Å²) in [6.45, 7) is 4.82. The maximum Gasteiger partial charge on any atom is 0.324 e. The lowest BCUT2D eigenvalue weighted by molar-refractivity contribution is -0.160. The Morgan fingerprint density at radius 1 is 1.27 bits per heavy atom. The van der Waals surface area contributed by atoms with Gasteiger partial charge in [-0.25, -0.2) is 4.98 Å². The number of ether oxygens (including phenoxy) is 3. The van der Waals surface area contributed by atoms with E-state index in [0.29, 0.717) is 24.0 Å². The summed E-state index contributed by atoms with van der Waals surface area (Å²) in [7, 11) is 0. The Kier molecular flexibility index (Phi) is 5.79. The molecule has 0 aliphatic carbocycles. The lowest BCUT2D eigenvalue weighted by atomic mass is 9.78. The van der Waals surface area contributed by atoms with Crippen molar-refractivity contribution < 1.29 is 23.8 Å². The number of nitrogens with zero attached hydrogens (tertiary/aromatic N) is 1. The first-order chi connectivity index (χ1) is 14.4. The van der Waals surface area contributed by atoms with Crippen LogP contribution in [-0.2, 0) is 29.4 Å². The number of unbranched alkanes of at least 4 members (excludes halogenated alkanes) is 1. The van der Waals surface area contributed by atoms with E-state index >= 15 is 0 Å². The molecule has 1 aromatic heterocycles. The maximum absolute atomic E-state index is 12.8. The minimum absolute atomic E-state index is 0.220. The van der Waals surface area contributed by atoms with Gasteiger partial charge in [0.15, 0.2) is 16.1 Å². The van der Waals surface area contributed by atoms with Gasteiger partial charge >= 0.3 is 11.9 Å². The molecule has 0 saturated carbocycles. The van der Waals surface area contributed by atoms with Crippen molar-refractivity contribution in [1.82, 2.24) is 4.98 Å². The summed E-state index contributed by atoms with van der Waals surface area (Å²) in [6, 6.07) is 9.72. The number of benzene rings is 1. The van der Waals surface area contributed by atoms with Gasteiger partial charge in [0.2, 0.25) is 0 Å². The van der Waals surface area contributed by atoms with Gasteiger partial charge in [-0.1, -0.05) is 31.5 Å². The highest BCUT2D eigenvalue weighted by Crippen LogP contribution is 2.52. The average molecular weight is 431 g/mol. The highest BCUT2D eigenvalue weighted by atomic mass is 32.1. The number of thiazole rings is 1. The van der Waals surface area contributed by atoms with E-state index in [9.17, 15) is 9.59 Å². The Hall–Kier alpha value is -2.45. The molecule has 3 atom stereocenters. The monoisotopic (exact) mass is 430 g/mol. The Labute approximate surface area is 179 Å². The third-order valence-corrected chi connectivity index (χ3v) is 6.36. The van der Waals surface area contributed by atoms with Crippen LogP contribution in [0.3, 0.4) is 0 Å². The third-order valence-electron chi connectivity index (χ3n) is 5.61. The van der Waals surface area contributed by atoms with Crippen molar-refractivity contribution in [3.05, 3.63) is 41.4 Å². The first-order valence-corrected chi connectivity index (χ1v) is 11.1. The maximum atomic E-state index is 12.8. The second-order valence-corrected chi connectivity index (χ2v) is 8.93. The van der Waals surface area contributed by atoms with E-state index in [1.807, 2.05) is 35.7 Å². The first-order valence-electron chi connectivity index (χ1n) is 10.3. The van der Waals surface area contributed by atoms with Gasteiger partial charge in [0, 0.05) is 30.5 Å². The number of aromatic nitrogens is 1. The number of hydrogen-bond donors (Lipinski definition) is 1. The van der Waals surface area contributed by atoms with Crippen LogP contribution in [0.5, 0.6) is 0 Å². The standard InChI is InChI=1S/C22H26N2O5S/c1-3-4-10-27-12-16-11-22(18(25)28-16)14-21(2,29-19(22)26)17-13-30-20(24-17)23-15-8-6-5-7-9-15/h5-9,13,16H,3-4,10-12,14H2,1-2H3,(H,23,24)/t16-,21-,22-/m0/s1. The number of anilines is 2. The SMILES string of the molecule is CCCCOC[C@@H]1C[C@]2(C[C@@](C)(c3csc(Nc4ccccc4)n3)OC2=O)C(=O)O1. The van der Waals surface area contributed by atoms with Crippen LogP contribution in [0.1, 0.15) is 45.2 Å². The number of carbonyl (C=O) groups is 2. The average Bonchev–Trinajstić information content (AvgIpc) is 3.38. The predicted octanol–water partition coefficient (Wildman–Crippen LogP) is 4.17. The van der Waals surface area contributed by atoms with E-state index < -0.39 is 29.1 Å². The predicted molar refractivity (Wildman–Crippen MR) is 113 cm³/mol. The highest BCUT2D eigenvalue weighted by Gasteiger charge is 2.65. The minimum atomic E-state index is -1.27. The number of hydrogen-bond acceptors (Lipinski definition) is 8. The molecule has 2 aliphatic heterocycles. The van der Waals surface area contributed by atoms with Crippen molar-refractivity contribution in [2.24, 2.45) is 5.41 Å². The molecule has 0 unspecified atom stereocenters. The van der Waals surface area contributed by atoms with Crippen molar-refractivity contribution in [2.45, 2.75) is 51.2 Å². The Bertz CT molecular complexity index is 917. The Morgan fingerprint density at radius 2 is 2.07 bits per heavy atom. The first kappa shape index (κ1) is 20.8. The molecule has 160 valence electrons. The summed E-state index contributed by atoms with van der Waals surface area (Å²) in [5, 5.41) is 5.81. The van der Waals surface area contributed by atoms with Crippen LogP contribution < -0.4 is 5.32 Å². The summed E-state index contributed by atoms with van der Waals surface area (Å²) in [5.74, 6) is -1.05.